The van der Waals surface area contributed by atoms with Gasteiger partial charge in [0, 0.05) is 11.1 Å². The topological polar surface area (TPSA) is 55.4 Å². The summed E-state index contributed by atoms with van der Waals surface area (Å²) in [6, 6.07) is 5.02. The Hall–Kier alpha value is -1.99. The Labute approximate surface area is 123 Å². The van der Waals surface area contributed by atoms with Crippen LogP contribution in [0.15, 0.2) is 18.2 Å². The Morgan fingerprint density at radius 3 is 2.75 bits per heavy atom. The highest BCUT2D eigenvalue weighted by Crippen LogP contribution is 2.16. The van der Waals surface area contributed by atoms with Gasteiger partial charge in [0.1, 0.15) is 5.60 Å². The molecule has 1 N–H and O–H groups in total. The van der Waals surface area contributed by atoms with Crippen molar-refractivity contribution < 1.29 is 14.3 Å². The molecule has 106 valence electrons. The lowest BCUT2D eigenvalue weighted by Crippen LogP contribution is -2.32. The van der Waals surface area contributed by atoms with Gasteiger partial charge in [-0.05, 0) is 32.9 Å². The van der Waals surface area contributed by atoms with Gasteiger partial charge in [0.25, 0.3) is 0 Å². The fourth-order valence-corrected chi connectivity index (χ4v) is 1.55. The van der Waals surface area contributed by atoms with Crippen molar-refractivity contribution in [1.82, 2.24) is 5.32 Å². The quantitative estimate of drug-likeness (QED) is 0.673. The molecule has 4 nitrogen and oxygen atoms in total. The van der Waals surface area contributed by atoms with Gasteiger partial charge < -0.3 is 10.1 Å². The van der Waals surface area contributed by atoms with E-state index in [0.29, 0.717) is 22.4 Å². The predicted octanol–water partition coefficient (Wildman–Crippen LogP) is 3.03. The fourth-order valence-electron chi connectivity index (χ4n) is 1.34. The third-order valence-corrected chi connectivity index (χ3v) is 2.44. The Kier molecular flexibility index (Phi) is 5.60. The minimum Gasteiger partial charge on any atom is -0.444 e. The normalized spacial score (nSPS) is 10.2. The molecule has 1 rings (SSSR count). The van der Waals surface area contributed by atoms with E-state index >= 15 is 0 Å². The number of benzene rings is 1. The van der Waals surface area contributed by atoms with Gasteiger partial charge in [0.2, 0.25) is 0 Å². The molecule has 0 bridgehead atoms. The van der Waals surface area contributed by atoms with Crippen molar-refractivity contribution >= 4 is 24.0 Å². The third kappa shape index (κ3) is 5.33. The maximum absolute atomic E-state index is 11.4. The smallest absolute Gasteiger partial charge is 0.408 e. The second kappa shape index (κ2) is 6.97. The van der Waals surface area contributed by atoms with Gasteiger partial charge >= 0.3 is 6.09 Å². The number of halogens is 1. The molecular weight excluding hydrogens is 278 g/mol. The van der Waals surface area contributed by atoms with Crippen LogP contribution in [-0.2, 0) is 4.74 Å². The van der Waals surface area contributed by atoms with E-state index in [1.54, 1.807) is 39.0 Å². The van der Waals surface area contributed by atoms with Crippen molar-refractivity contribution in [2.45, 2.75) is 26.4 Å². The number of rotatable bonds is 2. The van der Waals surface area contributed by atoms with E-state index in [0.717, 1.165) is 0 Å². The first-order chi connectivity index (χ1) is 9.33. The molecule has 0 radical (unpaired) electrons. The number of alkyl carbamates (subject to hydrolysis) is 1. The minimum absolute atomic E-state index is 0.125. The lowest BCUT2D eigenvalue weighted by molar-refractivity contribution is 0.0535. The van der Waals surface area contributed by atoms with Gasteiger partial charge in [0.15, 0.2) is 6.29 Å². The first kappa shape index (κ1) is 16.1. The molecule has 0 heterocycles. The third-order valence-electron chi connectivity index (χ3n) is 2.11. The van der Waals surface area contributed by atoms with Crippen LogP contribution in [-0.4, -0.2) is 24.5 Å². The summed E-state index contributed by atoms with van der Waals surface area (Å²) in [4.78, 5) is 22.3. The molecule has 0 atom stereocenters. The average Bonchev–Trinajstić information content (AvgIpc) is 2.32. The standard InChI is InChI=1S/C15H16ClNO3/c1-15(2,3)20-14(19)17-9-5-7-11-6-4-8-13(16)12(11)10-18/h4,6,8,10H,9H2,1-3H3,(H,17,19). The molecule has 0 aliphatic heterocycles. The highest BCUT2D eigenvalue weighted by Gasteiger charge is 2.15. The first-order valence-corrected chi connectivity index (χ1v) is 6.40. The van der Waals surface area contributed by atoms with E-state index in [2.05, 4.69) is 17.2 Å². The zero-order valence-corrected chi connectivity index (χ0v) is 12.4. The summed E-state index contributed by atoms with van der Waals surface area (Å²) in [6.07, 6.45) is 0.127. The number of aldehydes is 1. The summed E-state index contributed by atoms with van der Waals surface area (Å²) >= 11 is 5.88. The second-order valence-electron chi connectivity index (χ2n) is 4.98. The first-order valence-electron chi connectivity index (χ1n) is 6.03. The maximum Gasteiger partial charge on any atom is 0.408 e. The molecular formula is C15H16ClNO3. The lowest BCUT2D eigenvalue weighted by Gasteiger charge is -2.19. The SMILES string of the molecule is CC(C)(C)OC(=O)NCC#Cc1cccc(Cl)c1C=O. The van der Waals surface area contributed by atoms with Crippen LogP contribution < -0.4 is 5.32 Å². The molecule has 20 heavy (non-hydrogen) atoms. The zero-order valence-electron chi connectivity index (χ0n) is 11.6. The molecule has 1 aromatic rings. The monoisotopic (exact) mass is 293 g/mol. The average molecular weight is 294 g/mol. The van der Waals surface area contributed by atoms with E-state index in [4.69, 9.17) is 16.3 Å². The largest absolute Gasteiger partial charge is 0.444 e. The zero-order chi connectivity index (χ0) is 15.2. The number of carbonyl (C=O) groups excluding carboxylic acids is 2. The fraction of sp³-hybridized carbons (Fsp3) is 0.333. The highest BCUT2D eigenvalue weighted by atomic mass is 35.5. The van der Waals surface area contributed by atoms with Crippen LogP contribution in [0.25, 0.3) is 0 Å². The molecule has 5 heteroatoms. The number of ether oxygens (including phenoxy) is 1. The minimum atomic E-state index is -0.546. The summed E-state index contributed by atoms with van der Waals surface area (Å²) in [6.45, 7) is 5.46. The van der Waals surface area contributed by atoms with Crippen molar-refractivity contribution in [3.8, 4) is 11.8 Å². The molecule has 0 aromatic heterocycles. The van der Waals surface area contributed by atoms with E-state index in [1.807, 2.05) is 0 Å². The number of nitrogens with one attached hydrogen (secondary N) is 1. The molecule has 0 saturated carbocycles. The van der Waals surface area contributed by atoms with Gasteiger partial charge in [0.05, 0.1) is 11.6 Å². The van der Waals surface area contributed by atoms with Gasteiger partial charge in [-0.15, -0.1) is 0 Å². The summed E-state index contributed by atoms with van der Waals surface area (Å²) < 4.78 is 5.06. The summed E-state index contributed by atoms with van der Waals surface area (Å²) in [5.41, 5.74) is 0.326. The van der Waals surface area contributed by atoms with Crippen LogP contribution in [0.2, 0.25) is 5.02 Å². The summed E-state index contributed by atoms with van der Waals surface area (Å²) in [5.74, 6) is 5.53. The molecule has 1 aromatic carbocycles. The molecule has 0 fully saturated rings. The maximum atomic E-state index is 11.4. The van der Waals surface area contributed by atoms with Crippen molar-refractivity contribution in [2.24, 2.45) is 0 Å². The van der Waals surface area contributed by atoms with Crippen LogP contribution in [0.1, 0.15) is 36.7 Å². The Bertz CT molecular complexity index is 565. The van der Waals surface area contributed by atoms with Crippen molar-refractivity contribution in [1.29, 1.82) is 0 Å². The predicted molar refractivity (Wildman–Crippen MR) is 78.0 cm³/mol. The number of hydrogen-bond acceptors (Lipinski definition) is 3. The second-order valence-corrected chi connectivity index (χ2v) is 5.38. The summed E-state index contributed by atoms with van der Waals surface area (Å²) in [7, 11) is 0. The number of carbonyl (C=O) groups is 2. The van der Waals surface area contributed by atoms with Gasteiger partial charge in [-0.3, -0.25) is 4.79 Å². The highest BCUT2D eigenvalue weighted by molar-refractivity contribution is 6.33. The van der Waals surface area contributed by atoms with Gasteiger partial charge in [-0.25, -0.2) is 4.79 Å². The van der Waals surface area contributed by atoms with Crippen molar-refractivity contribution in [3.05, 3.63) is 34.3 Å². The molecule has 0 unspecified atom stereocenters. The molecule has 1 amide bonds. The summed E-state index contributed by atoms with van der Waals surface area (Å²) in [5, 5.41) is 2.86. The van der Waals surface area contributed by atoms with E-state index in [1.165, 1.54) is 0 Å². The van der Waals surface area contributed by atoms with Crippen LogP contribution in [0.3, 0.4) is 0 Å². The Balaban J connectivity index is 2.62. The molecule has 0 aliphatic rings. The lowest BCUT2D eigenvalue weighted by atomic mass is 10.1. The van der Waals surface area contributed by atoms with Gasteiger partial charge in [-0.1, -0.05) is 29.5 Å². The van der Waals surface area contributed by atoms with Crippen LogP contribution >= 0.6 is 11.6 Å². The van der Waals surface area contributed by atoms with Crippen LogP contribution in [0.5, 0.6) is 0 Å². The van der Waals surface area contributed by atoms with Crippen LogP contribution in [0, 0.1) is 11.8 Å². The molecule has 0 saturated heterocycles. The molecule has 0 aliphatic carbocycles. The van der Waals surface area contributed by atoms with E-state index in [9.17, 15) is 9.59 Å². The molecule has 0 spiro atoms. The number of hydrogen-bond donors (Lipinski definition) is 1. The van der Waals surface area contributed by atoms with Crippen molar-refractivity contribution in [3.63, 3.8) is 0 Å². The Morgan fingerprint density at radius 1 is 1.45 bits per heavy atom. The van der Waals surface area contributed by atoms with E-state index in [-0.39, 0.29) is 6.54 Å². The van der Waals surface area contributed by atoms with Gasteiger partial charge in [-0.2, -0.15) is 0 Å². The van der Waals surface area contributed by atoms with E-state index < -0.39 is 11.7 Å². The van der Waals surface area contributed by atoms with Crippen molar-refractivity contribution in [2.75, 3.05) is 6.54 Å². The number of amides is 1. The van der Waals surface area contributed by atoms with Crippen LogP contribution in [0.4, 0.5) is 4.79 Å². The Morgan fingerprint density at radius 2 is 2.15 bits per heavy atom.